The van der Waals surface area contributed by atoms with Gasteiger partial charge in [-0.15, -0.1) is 0 Å². The molecule has 1 N–H and O–H groups in total. The Kier molecular flexibility index (Phi) is 4.47. The van der Waals surface area contributed by atoms with Crippen molar-refractivity contribution >= 4 is 23.0 Å². The maximum absolute atomic E-state index is 13.3. The van der Waals surface area contributed by atoms with E-state index in [9.17, 15) is 4.39 Å². The number of hydrogen-bond acceptors (Lipinski definition) is 4. The minimum absolute atomic E-state index is 0.288. The second-order valence-electron chi connectivity index (χ2n) is 4.98. The lowest BCUT2D eigenvalue weighted by Gasteiger charge is -2.22. The van der Waals surface area contributed by atoms with Crippen molar-refractivity contribution < 1.29 is 4.39 Å². The molecule has 0 bridgehead atoms. The maximum atomic E-state index is 13.3. The molecule has 1 heterocycles. The number of benzene rings is 2. The van der Waals surface area contributed by atoms with Gasteiger partial charge in [0.2, 0.25) is 0 Å². The van der Waals surface area contributed by atoms with Crippen molar-refractivity contribution in [3.05, 3.63) is 72.8 Å². The molecule has 0 saturated heterocycles. The molecular weight excluding hydrogens is 291 g/mol. The predicted molar refractivity (Wildman–Crippen MR) is 90.8 cm³/mol. The standard InChI is InChI=1S/C18H17FN4/c1-2-23(16-9-4-3-5-10-16)18-12-17(20-13-21-18)22-15-8-6-7-14(19)11-15/h3-13H,2H2,1H3,(H,20,21,22). The molecule has 0 aliphatic carbocycles. The molecule has 0 unspecified atom stereocenters. The Labute approximate surface area is 134 Å². The van der Waals surface area contributed by atoms with Gasteiger partial charge >= 0.3 is 0 Å². The van der Waals surface area contributed by atoms with Gasteiger partial charge < -0.3 is 10.2 Å². The van der Waals surface area contributed by atoms with E-state index in [2.05, 4.69) is 27.1 Å². The fraction of sp³-hybridized carbons (Fsp3) is 0.111. The van der Waals surface area contributed by atoms with Crippen LogP contribution in [0.1, 0.15) is 6.92 Å². The molecule has 0 atom stereocenters. The fourth-order valence-electron chi connectivity index (χ4n) is 2.36. The van der Waals surface area contributed by atoms with E-state index < -0.39 is 0 Å². The topological polar surface area (TPSA) is 41.0 Å². The van der Waals surface area contributed by atoms with Crippen LogP contribution in [0.25, 0.3) is 0 Å². The molecule has 1 aromatic heterocycles. The minimum Gasteiger partial charge on any atom is -0.340 e. The molecular formula is C18H17FN4. The summed E-state index contributed by atoms with van der Waals surface area (Å²) in [6, 6.07) is 18.2. The highest BCUT2D eigenvalue weighted by molar-refractivity contribution is 5.64. The van der Waals surface area contributed by atoms with Gasteiger partial charge in [0.25, 0.3) is 0 Å². The highest BCUT2D eigenvalue weighted by atomic mass is 19.1. The van der Waals surface area contributed by atoms with Crippen LogP contribution in [0, 0.1) is 5.82 Å². The van der Waals surface area contributed by atoms with Crippen molar-refractivity contribution in [3.8, 4) is 0 Å². The summed E-state index contributed by atoms with van der Waals surface area (Å²) in [7, 11) is 0. The molecule has 0 aliphatic rings. The number of anilines is 4. The van der Waals surface area contributed by atoms with Crippen LogP contribution >= 0.6 is 0 Å². The van der Waals surface area contributed by atoms with E-state index in [-0.39, 0.29) is 5.82 Å². The lowest BCUT2D eigenvalue weighted by atomic mass is 10.3. The zero-order chi connectivity index (χ0) is 16.1. The maximum Gasteiger partial charge on any atom is 0.138 e. The van der Waals surface area contributed by atoms with Crippen LogP contribution in [0.15, 0.2) is 67.0 Å². The molecule has 0 radical (unpaired) electrons. The Balaban J connectivity index is 1.87. The first-order chi connectivity index (χ1) is 11.3. The van der Waals surface area contributed by atoms with Gasteiger partial charge in [-0.3, -0.25) is 0 Å². The number of halogens is 1. The van der Waals surface area contributed by atoms with E-state index >= 15 is 0 Å². The second kappa shape index (κ2) is 6.87. The van der Waals surface area contributed by atoms with Crippen molar-refractivity contribution in [2.45, 2.75) is 6.92 Å². The highest BCUT2D eigenvalue weighted by Gasteiger charge is 2.09. The van der Waals surface area contributed by atoms with E-state index in [1.165, 1.54) is 18.5 Å². The SMILES string of the molecule is CCN(c1ccccc1)c1cc(Nc2cccc(F)c2)ncn1. The monoisotopic (exact) mass is 308 g/mol. The summed E-state index contributed by atoms with van der Waals surface area (Å²) >= 11 is 0. The van der Waals surface area contributed by atoms with Gasteiger partial charge in [-0.25, -0.2) is 14.4 Å². The fourth-order valence-corrected chi connectivity index (χ4v) is 2.36. The highest BCUT2D eigenvalue weighted by Crippen LogP contribution is 2.25. The first-order valence-electron chi connectivity index (χ1n) is 7.43. The summed E-state index contributed by atoms with van der Waals surface area (Å²) in [6.07, 6.45) is 1.50. The third kappa shape index (κ3) is 3.63. The van der Waals surface area contributed by atoms with Crippen molar-refractivity contribution in [1.29, 1.82) is 0 Å². The zero-order valence-corrected chi connectivity index (χ0v) is 12.8. The van der Waals surface area contributed by atoms with Crippen molar-refractivity contribution in [1.82, 2.24) is 9.97 Å². The number of nitrogens with zero attached hydrogens (tertiary/aromatic N) is 3. The Bertz CT molecular complexity index is 777. The summed E-state index contributed by atoms with van der Waals surface area (Å²) in [5, 5.41) is 3.10. The minimum atomic E-state index is -0.288. The van der Waals surface area contributed by atoms with Gasteiger partial charge in [0.15, 0.2) is 0 Å². The molecule has 3 rings (SSSR count). The average Bonchev–Trinajstić information content (AvgIpc) is 2.57. The largest absolute Gasteiger partial charge is 0.340 e. The average molecular weight is 308 g/mol. The van der Waals surface area contributed by atoms with Gasteiger partial charge in [-0.1, -0.05) is 24.3 Å². The Morgan fingerprint density at radius 3 is 2.57 bits per heavy atom. The number of nitrogens with one attached hydrogen (secondary N) is 1. The first kappa shape index (κ1) is 15.0. The smallest absolute Gasteiger partial charge is 0.138 e. The van der Waals surface area contributed by atoms with Crippen molar-refractivity contribution in [3.63, 3.8) is 0 Å². The van der Waals surface area contributed by atoms with Crippen LogP contribution in [-0.4, -0.2) is 16.5 Å². The molecule has 3 aromatic rings. The number of rotatable bonds is 5. The summed E-state index contributed by atoms with van der Waals surface area (Å²) in [4.78, 5) is 10.6. The molecule has 5 heteroatoms. The quantitative estimate of drug-likeness (QED) is 0.752. The van der Waals surface area contributed by atoms with E-state index in [0.717, 1.165) is 18.1 Å². The molecule has 0 spiro atoms. The number of aromatic nitrogens is 2. The molecule has 0 aliphatic heterocycles. The molecule has 116 valence electrons. The van der Waals surface area contributed by atoms with Gasteiger partial charge in [-0.2, -0.15) is 0 Å². The van der Waals surface area contributed by atoms with Crippen LogP contribution in [0.2, 0.25) is 0 Å². The van der Waals surface area contributed by atoms with Gasteiger partial charge in [0.05, 0.1) is 0 Å². The second-order valence-corrected chi connectivity index (χ2v) is 4.98. The summed E-state index contributed by atoms with van der Waals surface area (Å²) in [5.41, 5.74) is 1.71. The van der Waals surface area contributed by atoms with E-state index in [1.807, 2.05) is 36.4 Å². The lowest BCUT2D eigenvalue weighted by Crippen LogP contribution is -2.17. The third-order valence-electron chi connectivity index (χ3n) is 3.41. The molecule has 0 fully saturated rings. The summed E-state index contributed by atoms with van der Waals surface area (Å²) in [5.74, 6) is 1.12. The Hall–Kier alpha value is -2.95. The Morgan fingerprint density at radius 2 is 1.83 bits per heavy atom. The predicted octanol–water partition coefficient (Wildman–Crippen LogP) is 4.52. The molecule has 0 amide bonds. The van der Waals surface area contributed by atoms with E-state index in [0.29, 0.717) is 11.5 Å². The van der Waals surface area contributed by atoms with Gasteiger partial charge in [0.1, 0.15) is 23.8 Å². The normalized spacial score (nSPS) is 10.3. The zero-order valence-electron chi connectivity index (χ0n) is 12.8. The number of para-hydroxylation sites is 1. The lowest BCUT2D eigenvalue weighted by molar-refractivity contribution is 0.628. The summed E-state index contributed by atoms with van der Waals surface area (Å²) < 4.78 is 13.3. The van der Waals surface area contributed by atoms with Crippen LogP contribution in [0.3, 0.4) is 0 Å². The summed E-state index contributed by atoms with van der Waals surface area (Å²) in [6.45, 7) is 2.84. The molecule has 23 heavy (non-hydrogen) atoms. The Morgan fingerprint density at radius 1 is 1.00 bits per heavy atom. The van der Waals surface area contributed by atoms with Crippen molar-refractivity contribution in [2.24, 2.45) is 0 Å². The molecule has 2 aromatic carbocycles. The van der Waals surface area contributed by atoms with Crippen LogP contribution in [-0.2, 0) is 0 Å². The van der Waals surface area contributed by atoms with Crippen LogP contribution < -0.4 is 10.2 Å². The molecule has 4 nitrogen and oxygen atoms in total. The first-order valence-corrected chi connectivity index (χ1v) is 7.43. The molecule has 0 saturated carbocycles. The van der Waals surface area contributed by atoms with Gasteiger partial charge in [-0.05, 0) is 37.3 Å². The van der Waals surface area contributed by atoms with Crippen molar-refractivity contribution in [2.75, 3.05) is 16.8 Å². The third-order valence-corrected chi connectivity index (χ3v) is 3.41. The van der Waals surface area contributed by atoms with Crippen LogP contribution in [0.5, 0.6) is 0 Å². The van der Waals surface area contributed by atoms with Gasteiger partial charge in [0, 0.05) is 24.0 Å². The van der Waals surface area contributed by atoms with Crippen LogP contribution in [0.4, 0.5) is 27.4 Å². The van der Waals surface area contributed by atoms with E-state index in [4.69, 9.17) is 0 Å². The number of hydrogen-bond donors (Lipinski definition) is 1. The van der Waals surface area contributed by atoms with E-state index in [1.54, 1.807) is 12.1 Å².